The Morgan fingerprint density at radius 3 is 2.67 bits per heavy atom. The molecule has 1 aliphatic heterocycles. The van der Waals surface area contributed by atoms with E-state index in [-0.39, 0.29) is 5.92 Å². The van der Waals surface area contributed by atoms with Crippen LogP contribution in [0.15, 0.2) is 59.5 Å². The Morgan fingerprint density at radius 1 is 1.18 bits per heavy atom. The van der Waals surface area contributed by atoms with E-state index in [9.17, 15) is 14.7 Å². The lowest BCUT2D eigenvalue weighted by Gasteiger charge is -2.23. The third-order valence-electron chi connectivity index (χ3n) is 5.38. The molecule has 2 heterocycles. The number of hydrogen-bond acceptors (Lipinski definition) is 6. The maximum absolute atomic E-state index is 12.6. The molecule has 1 saturated heterocycles. The summed E-state index contributed by atoms with van der Waals surface area (Å²) in [5.74, 6) is 1.10. The number of nitrogens with zero attached hydrogens (tertiary/aromatic N) is 1. The maximum Gasteiger partial charge on any atom is 0.405 e. The second-order valence-electron chi connectivity index (χ2n) is 7.54. The predicted molar refractivity (Wildman–Crippen MR) is 120 cm³/mol. The molecule has 3 aromatic rings. The molecule has 0 radical (unpaired) electrons. The van der Waals surface area contributed by atoms with Crippen LogP contribution in [0.3, 0.4) is 0 Å². The molecule has 10 nitrogen and oxygen atoms in total. The van der Waals surface area contributed by atoms with Crippen molar-refractivity contribution in [2.45, 2.75) is 12.5 Å². The number of nitrogens with one attached hydrogen (secondary N) is 3. The van der Waals surface area contributed by atoms with Gasteiger partial charge >= 0.3 is 12.1 Å². The van der Waals surface area contributed by atoms with E-state index in [4.69, 9.17) is 13.9 Å². The third kappa shape index (κ3) is 5.42. The first-order chi connectivity index (χ1) is 16.0. The minimum absolute atomic E-state index is 0.0283. The molecule has 10 heteroatoms. The molecule has 172 valence electrons. The smallest absolute Gasteiger partial charge is 0.405 e. The van der Waals surface area contributed by atoms with Gasteiger partial charge in [-0.25, -0.2) is 14.6 Å². The van der Waals surface area contributed by atoms with Crippen LogP contribution < -0.4 is 20.7 Å². The summed E-state index contributed by atoms with van der Waals surface area (Å²) in [5, 5.41) is 17.4. The number of ether oxygens (including phenoxy) is 2. The van der Waals surface area contributed by atoms with E-state index >= 15 is 0 Å². The van der Waals surface area contributed by atoms with E-state index in [1.54, 1.807) is 42.6 Å². The van der Waals surface area contributed by atoms with Crippen molar-refractivity contribution in [3.8, 4) is 17.1 Å². The van der Waals surface area contributed by atoms with Gasteiger partial charge in [0.1, 0.15) is 5.75 Å². The Hall–Kier alpha value is -4.05. The zero-order valence-electron chi connectivity index (χ0n) is 17.9. The van der Waals surface area contributed by atoms with Crippen LogP contribution in [0.1, 0.15) is 18.0 Å². The Balaban J connectivity index is 1.46. The van der Waals surface area contributed by atoms with Crippen molar-refractivity contribution in [1.82, 2.24) is 10.3 Å². The van der Waals surface area contributed by atoms with Gasteiger partial charge in [0.25, 0.3) is 0 Å². The van der Waals surface area contributed by atoms with E-state index in [0.717, 1.165) is 12.0 Å². The standard InChI is InChI=1S/C23H24N4O6/c1-31-19-10-17(5-6-18(19)20-11-24-13-33-20)26-22(28)25-16-4-2-3-14(9-16)21(27-23(29)30)15-7-8-32-12-15/h2-6,9-11,13,15,21,27H,7-8,12H2,1H3,(H,29,30)(H2,25,26,28). The van der Waals surface area contributed by atoms with Crippen molar-refractivity contribution in [3.63, 3.8) is 0 Å². The number of amides is 3. The first-order valence-electron chi connectivity index (χ1n) is 10.4. The third-order valence-corrected chi connectivity index (χ3v) is 5.38. The van der Waals surface area contributed by atoms with E-state index in [2.05, 4.69) is 20.9 Å². The predicted octanol–water partition coefficient (Wildman–Crippen LogP) is 4.34. The summed E-state index contributed by atoms with van der Waals surface area (Å²) in [6.07, 6.45) is 2.56. The zero-order valence-corrected chi connectivity index (χ0v) is 17.9. The summed E-state index contributed by atoms with van der Waals surface area (Å²) in [7, 11) is 1.53. The first-order valence-corrected chi connectivity index (χ1v) is 10.4. The molecule has 0 aliphatic carbocycles. The van der Waals surface area contributed by atoms with Crippen molar-refractivity contribution >= 4 is 23.5 Å². The van der Waals surface area contributed by atoms with Gasteiger partial charge in [-0.3, -0.25) is 0 Å². The molecule has 1 aliphatic rings. The molecule has 33 heavy (non-hydrogen) atoms. The van der Waals surface area contributed by atoms with Crippen molar-refractivity contribution in [2.24, 2.45) is 5.92 Å². The van der Waals surface area contributed by atoms with E-state index in [1.165, 1.54) is 13.5 Å². The largest absolute Gasteiger partial charge is 0.496 e. The number of urea groups is 1. The Morgan fingerprint density at radius 2 is 2.00 bits per heavy atom. The molecule has 4 rings (SSSR count). The number of carbonyl (C=O) groups is 2. The Bertz CT molecular complexity index is 1110. The summed E-state index contributed by atoms with van der Waals surface area (Å²) >= 11 is 0. The summed E-state index contributed by atoms with van der Waals surface area (Å²) in [6, 6.07) is 11.4. The highest BCUT2D eigenvalue weighted by Gasteiger charge is 2.28. The molecular weight excluding hydrogens is 428 g/mol. The Labute approximate surface area is 189 Å². The van der Waals surface area contributed by atoms with Crippen LogP contribution in [-0.4, -0.2) is 42.5 Å². The molecule has 0 bridgehead atoms. The second-order valence-corrected chi connectivity index (χ2v) is 7.54. The molecular formula is C23H24N4O6. The quantitative estimate of drug-likeness (QED) is 0.419. The van der Waals surface area contributed by atoms with E-state index in [0.29, 0.717) is 41.7 Å². The topological polar surface area (TPSA) is 135 Å². The fourth-order valence-corrected chi connectivity index (χ4v) is 3.85. The number of carbonyl (C=O) groups excluding carboxylic acids is 1. The molecule has 1 aromatic heterocycles. The molecule has 1 fully saturated rings. The number of methoxy groups -OCH3 is 1. The monoisotopic (exact) mass is 452 g/mol. The highest BCUT2D eigenvalue weighted by Crippen LogP contribution is 2.33. The average Bonchev–Trinajstić information content (AvgIpc) is 3.52. The minimum Gasteiger partial charge on any atom is -0.496 e. The van der Waals surface area contributed by atoms with Crippen molar-refractivity contribution < 1.29 is 28.6 Å². The lowest BCUT2D eigenvalue weighted by atomic mass is 9.92. The summed E-state index contributed by atoms with van der Waals surface area (Å²) in [4.78, 5) is 27.8. The molecule has 3 amide bonds. The molecule has 2 atom stereocenters. The van der Waals surface area contributed by atoms with Gasteiger partial charge in [0.2, 0.25) is 0 Å². The number of rotatable bonds is 7. The van der Waals surface area contributed by atoms with Crippen LogP contribution in [0.4, 0.5) is 21.0 Å². The van der Waals surface area contributed by atoms with Crippen molar-refractivity contribution in [3.05, 3.63) is 60.6 Å². The molecule has 4 N–H and O–H groups in total. The van der Waals surface area contributed by atoms with Crippen molar-refractivity contribution in [2.75, 3.05) is 31.0 Å². The van der Waals surface area contributed by atoms with Gasteiger partial charge < -0.3 is 34.9 Å². The molecule has 0 saturated carbocycles. The summed E-state index contributed by atoms with van der Waals surface area (Å²) in [5.41, 5.74) is 2.52. The van der Waals surface area contributed by atoms with Gasteiger partial charge in [0.05, 0.1) is 31.5 Å². The van der Waals surface area contributed by atoms with Crippen LogP contribution in [0.5, 0.6) is 5.75 Å². The molecule has 2 aromatic carbocycles. The average molecular weight is 452 g/mol. The molecule has 0 spiro atoms. The maximum atomic E-state index is 12.6. The van der Waals surface area contributed by atoms with Gasteiger partial charge in [-0.1, -0.05) is 12.1 Å². The van der Waals surface area contributed by atoms with Crippen LogP contribution in [0.25, 0.3) is 11.3 Å². The number of anilines is 2. The second kappa shape index (κ2) is 10.0. The van der Waals surface area contributed by atoms with Gasteiger partial charge in [-0.2, -0.15) is 0 Å². The number of carboxylic acid groups (broad SMARTS) is 1. The zero-order chi connectivity index (χ0) is 23.2. The summed E-state index contributed by atoms with van der Waals surface area (Å²) < 4.78 is 16.1. The summed E-state index contributed by atoms with van der Waals surface area (Å²) in [6.45, 7) is 1.08. The SMILES string of the molecule is COc1cc(NC(=O)Nc2cccc(C(NC(=O)O)C3CCOC3)c2)ccc1-c1cnco1. The lowest BCUT2D eigenvalue weighted by molar-refractivity contribution is 0.166. The normalized spacial score (nSPS) is 16.1. The Kier molecular flexibility index (Phi) is 6.75. The van der Waals surface area contributed by atoms with Crippen molar-refractivity contribution in [1.29, 1.82) is 0 Å². The number of benzene rings is 2. The number of aromatic nitrogens is 1. The number of oxazole rings is 1. The van der Waals surface area contributed by atoms with Gasteiger partial charge in [0, 0.05) is 30.0 Å². The fourth-order valence-electron chi connectivity index (χ4n) is 3.85. The van der Waals surface area contributed by atoms with Crippen LogP contribution in [-0.2, 0) is 4.74 Å². The van der Waals surface area contributed by atoms with Crippen LogP contribution >= 0.6 is 0 Å². The first kappa shape index (κ1) is 22.2. The van der Waals surface area contributed by atoms with E-state index < -0.39 is 18.2 Å². The van der Waals surface area contributed by atoms with Crippen LogP contribution in [0.2, 0.25) is 0 Å². The van der Waals surface area contributed by atoms with Gasteiger partial charge in [0.15, 0.2) is 12.2 Å². The van der Waals surface area contributed by atoms with Gasteiger partial charge in [-0.05, 0) is 36.2 Å². The van der Waals surface area contributed by atoms with Crippen LogP contribution in [0, 0.1) is 5.92 Å². The van der Waals surface area contributed by atoms with E-state index in [1.807, 2.05) is 6.07 Å². The highest BCUT2D eigenvalue weighted by atomic mass is 16.5. The lowest BCUT2D eigenvalue weighted by Crippen LogP contribution is -2.32. The highest BCUT2D eigenvalue weighted by molar-refractivity contribution is 6.00. The van der Waals surface area contributed by atoms with Gasteiger partial charge in [-0.15, -0.1) is 0 Å². The fraction of sp³-hybridized carbons (Fsp3) is 0.261. The minimum atomic E-state index is -1.11. The molecule has 2 unspecified atom stereocenters. The number of hydrogen-bond donors (Lipinski definition) is 4.